The van der Waals surface area contributed by atoms with E-state index >= 15 is 0 Å². The van der Waals surface area contributed by atoms with Gasteiger partial charge < -0.3 is 79.7 Å². The van der Waals surface area contributed by atoms with Crippen molar-refractivity contribution in [2.24, 2.45) is 34.0 Å². The smallest absolute Gasteiger partial charge is 0.261 e. The number of H-pyrrole nitrogens is 2. The standard InChI is InChI=1S/C64H86N18O13/c1-33(2)22-46(56(88)79-50(27-51(65)85)59(91)77-48(25-38-28-71-43-13-10-9-12-41(38)43)60(92)80-53(34(3)4)63(95)81(8)54(36(6)83)61(93)68-7)75-57(89)47(24-37-16-18-40(84)19-17-37)76-58(90)49(26-39-29-69-31-72-39)78-55(87)45(14-11-21-70-64(66)67)74-52(86)30-82-32-73-44-20-15-35(5)23-42(44)62(82)94/h9-10,12-13,15-18,20,23,28-29,31-34,36,45-50,53-54,71,83H,11,14,19,21-22,24-27,30H2,1-8H3,(H2,65,85)(H,68,93)(H,69,72)(H,74,86)(H,75,89)(H,76,90)(H,77,91)(H,78,87)(H,79,88)(H,80,92)(H4,66,67,70)/t36-,45+,46?,47+,48?,49?,50+,53+,54+/m1/s1. The van der Waals surface area contributed by atoms with Gasteiger partial charge in [0.15, 0.2) is 11.7 Å². The van der Waals surface area contributed by atoms with Gasteiger partial charge >= 0.3 is 0 Å². The minimum atomic E-state index is -1.79. The van der Waals surface area contributed by atoms with E-state index in [1.165, 1.54) is 52.0 Å². The number of aromatic amines is 2. The summed E-state index contributed by atoms with van der Waals surface area (Å²) in [6.45, 7) is 9.36. The van der Waals surface area contributed by atoms with Crippen LogP contribution < -0.4 is 65.3 Å². The number of primary amides is 1. The number of nitrogens with two attached hydrogens (primary N) is 3. The van der Waals surface area contributed by atoms with Gasteiger partial charge in [0.1, 0.15) is 54.9 Å². The first-order valence-electron chi connectivity index (χ1n) is 31.0. The number of fused-ring (bicyclic) bond motifs is 2. The molecule has 9 atom stereocenters. The van der Waals surface area contributed by atoms with Crippen LogP contribution >= 0.6 is 0 Å². The molecule has 5 aromatic rings. The third-order valence-corrected chi connectivity index (χ3v) is 15.7. The maximum absolute atomic E-state index is 14.9. The zero-order valence-corrected chi connectivity index (χ0v) is 54.3. The average Bonchev–Trinajstić information content (AvgIpc) is 1.54. The molecule has 1 aliphatic carbocycles. The number of aromatic nitrogens is 5. The van der Waals surface area contributed by atoms with Crippen LogP contribution in [0.1, 0.15) is 90.0 Å². The van der Waals surface area contributed by atoms with Crippen LogP contribution in [0.5, 0.6) is 0 Å². The lowest BCUT2D eigenvalue weighted by molar-refractivity contribution is -0.146. The van der Waals surface area contributed by atoms with E-state index in [1.54, 1.807) is 89.4 Å². The zero-order chi connectivity index (χ0) is 69.8. The number of guanidine groups is 1. The number of imidazole rings is 1. The van der Waals surface area contributed by atoms with Crippen LogP contribution in [0.4, 0.5) is 0 Å². The summed E-state index contributed by atoms with van der Waals surface area (Å²) in [7, 11) is 2.63. The van der Waals surface area contributed by atoms with E-state index in [2.05, 4.69) is 67.5 Å². The van der Waals surface area contributed by atoms with Crippen LogP contribution in [0.25, 0.3) is 21.8 Å². The normalized spacial score (nSPS) is 14.9. The summed E-state index contributed by atoms with van der Waals surface area (Å²) >= 11 is 0. The Kier molecular flexibility index (Phi) is 26.6. The van der Waals surface area contributed by atoms with Crippen LogP contribution in [0.2, 0.25) is 0 Å². The van der Waals surface area contributed by atoms with Gasteiger partial charge in [-0.1, -0.05) is 69.7 Å². The highest BCUT2D eigenvalue weighted by atomic mass is 16.3. The summed E-state index contributed by atoms with van der Waals surface area (Å²) in [5, 5.41) is 32.5. The van der Waals surface area contributed by atoms with E-state index in [0.717, 1.165) is 15.0 Å². The van der Waals surface area contributed by atoms with Gasteiger partial charge in [0.2, 0.25) is 59.1 Å². The van der Waals surface area contributed by atoms with Crippen molar-refractivity contribution in [3.05, 3.63) is 118 Å². The number of carbonyl (C=O) groups is 11. The molecule has 3 heterocycles. The number of nitrogens with one attached hydrogen (secondary N) is 10. The van der Waals surface area contributed by atoms with E-state index < -0.39 is 138 Å². The summed E-state index contributed by atoms with van der Waals surface area (Å²) in [6.07, 6.45) is 6.93. The van der Waals surface area contributed by atoms with Gasteiger partial charge in [0.05, 0.1) is 36.1 Å². The second-order valence-corrected chi connectivity index (χ2v) is 24.2. The maximum atomic E-state index is 14.9. The van der Waals surface area contributed by atoms with Crippen LogP contribution in [-0.4, -0.2) is 180 Å². The first-order chi connectivity index (χ1) is 45.0. The number of rotatable bonds is 34. The number of aryl methyl sites for hydroxylation is 1. The molecule has 0 aliphatic heterocycles. The second kappa shape index (κ2) is 34.4. The molecular weight excluding hydrogens is 1230 g/mol. The lowest BCUT2D eigenvalue weighted by Gasteiger charge is -2.34. The van der Waals surface area contributed by atoms with Gasteiger partial charge in [0.25, 0.3) is 5.56 Å². The summed E-state index contributed by atoms with van der Waals surface area (Å²) in [5.41, 5.74) is 19.5. The minimum Gasteiger partial charge on any atom is -0.391 e. The van der Waals surface area contributed by atoms with Crippen molar-refractivity contribution < 1.29 is 57.8 Å². The number of likely N-dealkylation sites (N-methyl/N-ethyl adjacent to an activating group) is 2. The van der Waals surface area contributed by atoms with Crippen LogP contribution in [0.3, 0.4) is 0 Å². The number of aliphatic hydroxyl groups is 1. The first kappa shape index (κ1) is 73.5. The molecule has 0 spiro atoms. The SMILES string of the molecule is CNC(=O)[C@H]([C@@H](C)O)N(C)C(=O)[C@@H](NC(=O)C(Cc1c[nH]c2ccccc12)NC(=O)[C@H](CC(N)=O)NC(=O)C(CC(C)C)NC(=O)[C@H](CC1=CCC(=O)C=C1)NC(=O)C(Cc1cnc[nH]1)NC(=O)[C@H](CCCN=C(N)N)NC(=O)Cn1cnc2ccc(C)cc2c1=O)C(C)C. The molecule has 0 radical (unpaired) electrons. The van der Waals surface area contributed by atoms with Gasteiger partial charge in [-0.25, -0.2) is 9.97 Å². The molecule has 95 heavy (non-hydrogen) atoms. The Hall–Kier alpha value is -10.6. The fourth-order valence-electron chi connectivity index (χ4n) is 10.7. The van der Waals surface area contributed by atoms with Crippen molar-refractivity contribution >= 4 is 92.6 Å². The fourth-order valence-corrected chi connectivity index (χ4v) is 10.7. The highest BCUT2D eigenvalue weighted by Crippen LogP contribution is 2.21. The monoisotopic (exact) mass is 1310 g/mol. The molecule has 1 aliphatic rings. The number of amides is 10. The Balaban J connectivity index is 1.27. The van der Waals surface area contributed by atoms with E-state index in [9.17, 15) is 62.6 Å². The fraction of sp³-hybridized carbons (Fsp3) is 0.453. The topological polar surface area (TPSA) is 477 Å². The maximum Gasteiger partial charge on any atom is 0.261 e. The summed E-state index contributed by atoms with van der Waals surface area (Å²) in [4.78, 5) is 187. The van der Waals surface area contributed by atoms with Gasteiger partial charge in [-0.05, 0) is 80.4 Å². The zero-order valence-electron chi connectivity index (χ0n) is 54.3. The number of para-hydroxylation sites is 1. The number of allylic oxidation sites excluding steroid dienone is 3. The summed E-state index contributed by atoms with van der Waals surface area (Å²) < 4.78 is 1.08. The number of carbonyl (C=O) groups excluding carboxylic acids is 11. The molecule has 10 amide bonds. The van der Waals surface area contributed by atoms with Crippen molar-refractivity contribution in [3.63, 3.8) is 0 Å². The van der Waals surface area contributed by atoms with Crippen LogP contribution in [0, 0.1) is 18.8 Å². The van der Waals surface area contributed by atoms with Crippen LogP contribution in [0.15, 0.2) is 101 Å². The van der Waals surface area contributed by atoms with Crippen molar-refractivity contribution in [1.82, 2.24) is 71.9 Å². The van der Waals surface area contributed by atoms with Crippen molar-refractivity contribution in [1.29, 1.82) is 0 Å². The molecule has 3 unspecified atom stereocenters. The third kappa shape index (κ3) is 21.2. The number of hydrogen-bond acceptors (Lipinski definition) is 16. The molecule has 3 aromatic heterocycles. The van der Waals surface area contributed by atoms with E-state index in [1.807, 2.05) is 0 Å². The average molecular weight is 1320 g/mol. The molecule has 510 valence electrons. The Morgan fingerprint density at radius 3 is 1.96 bits per heavy atom. The molecule has 31 nitrogen and oxygen atoms in total. The minimum absolute atomic E-state index is 0.0413. The van der Waals surface area contributed by atoms with Gasteiger partial charge in [-0.15, -0.1) is 0 Å². The predicted molar refractivity (Wildman–Crippen MR) is 350 cm³/mol. The van der Waals surface area contributed by atoms with E-state index in [-0.39, 0.29) is 74.5 Å². The highest BCUT2D eigenvalue weighted by Gasteiger charge is 2.39. The largest absolute Gasteiger partial charge is 0.391 e. The third-order valence-electron chi connectivity index (χ3n) is 15.7. The number of benzene rings is 2. The molecule has 31 heteroatoms. The van der Waals surface area contributed by atoms with E-state index in [0.29, 0.717) is 33.3 Å². The van der Waals surface area contributed by atoms with Gasteiger partial charge in [-0.3, -0.25) is 67.1 Å². The number of aliphatic hydroxyl groups excluding tert-OH is 1. The number of nitrogens with zero attached hydrogens (tertiary/aromatic N) is 5. The van der Waals surface area contributed by atoms with Gasteiger partial charge in [0, 0.05) is 75.3 Å². The van der Waals surface area contributed by atoms with Crippen LogP contribution in [-0.2, 0) is 72.1 Å². The number of ketones is 1. The highest BCUT2D eigenvalue weighted by molar-refractivity contribution is 6.00. The van der Waals surface area contributed by atoms with E-state index in [4.69, 9.17) is 17.2 Å². The summed E-state index contributed by atoms with van der Waals surface area (Å²) in [6, 6.07) is 0.291. The van der Waals surface area contributed by atoms with Crippen molar-refractivity contribution in [3.8, 4) is 0 Å². The first-order valence-corrected chi connectivity index (χ1v) is 31.0. The quantitative estimate of drug-likeness (QED) is 0.0123. The lowest BCUT2D eigenvalue weighted by atomic mass is 9.97. The Morgan fingerprint density at radius 1 is 0.726 bits per heavy atom. The van der Waals surface area contributed by atoms with Crippen molar-refractivity contribution in [2.45, 2.75) is 154 Å². The van der Waals surface area contributed by atoms with Crippen molar-refractivity contribution in [2.75, 3.05) is 20.6 Å². The second-order valence-electron chi connectivity index (χ2n) is 24.2. The number of hydrogen-bond donors (Lipinski definition) is 14. The Bertz CT molecular complexity index is 3770. The molecule has 17 N–H and O–H groups in total. The number of aliphatic imine (C=N–C) groups is 1. The lowest BCUT2D eigenvalue weighted by Crippen LogP contribution is -2.62. The predicted octanol–water partition coefficient (Wildman–Crippen LogP) is -1.78. The molecular formula is C64H86N18O13. The Morgan fingerprint density at radius 2 is 1.35 bits per heavy atom. The molecule has 0 saturated carbocycles. The molecule has 2 aromatic carbocycles. The Labute approximate surface area is 547 Å². The molecule has 0 bridgehead atoms. The molecule has 6 rings (SSSR count). The molecule has 0 fully saturated rings. The van der Waals surface area contributed by atoms with Gasteiger partial charge in [-0.2, -0.15) is 0 Å². The summed E-state index contributed by atoms with van der Waals surface area (Å²) in [5.74, 6) is -10.4. The molecule has 0 saturated heterocycles.